The van der Waals surface area contributed by atoms with Gasteiger partial charge in [0.15, 0.2) is 0 Å². The van der Waals surface area contributed by atoms with Crippen molar-refractivity contribution < 1.29 is 44.9 Å². The van der Waals surface area contributed by atoms with Crippen LogP contribution in [0.3, 0.4) is 0 Å². The summed E-state index contributed by atoms with van der Waals surface area (Å²) in [5.74, 6) is 11.9. The molecule has 0 radical (unpaired) electrons. The van der Waals surface area contributed by atoms with Gasteiger partial charge in [0.05, 0.1) is 48.7 Å². The average Bonchev–Trinajstić information content (AvgIpc) is 3.37. The highest BCUT2D eigenvalue weighted by molar-refractivity contribution is 6.09. The van der Waals surface area contributed by atoms with Gasteiger partial charge in [-0.15, -0.1) is 0 Å². The molecule has 1 amide bonds. The van der Waals surface area contributed by atoms with E-state index in [1.807, 2.05) is 52.9 Å². The van der Waals surface area contributed by atoms with E-state index in [1.165, 1.54) is 0 Å². The van der Waals surface area contributed by atoms with Gasteiger partial charge in [-0.1, -0.05) is 35.8 Å². The quantitative estimate of drug-likeness (QED) is 0.194. The second-order valence-corrected chi connectivity index (χ2v) is 12.6. The number of rotatable bonds is 4. The van der Waals surface area contributed by atoms with E-state index in [1.54, 1.807) is 0 Å². The van der Waals surface area contributed by atoms with Crippen LogP contribution < -0.4 is 0 Å². The minimum absolute atomic E-state index is 0.0182. The van der Waals surface area contributed by atoms with Crippen molar-refractivity contribution in [2.45, 2.75) is 68.2 Å². The molecule has 8 unspecified atom stereocenters. The monoisotopic (exact) mass is 647 g/mol. The summed E-state index contributed by atoms with van der Waals surface area (Å²) in [6, 6.07) is 11.3. The molecule has 12 heteroatoms. The molecule has 6 N–H and O–H groups in total. The molecular weight excluding hydrogens is 606 g/mol. The number of fused-ring (bicyclic) bond motifs is 3. The molecular formula is C35H41N3O9. The zero-order valence-corrected chi connectivity index (χ0v) is 26.2. The summed E-state index contributed by atoms with van der Waals surface area (Å²) < 4.78 is 13.3. The second kappa shape index (κ2) is 14.3. The minimum Gasteiger partial charge on any atom is -0.394 e. The fourth-order valence-electron chi connectivity index (χ4n) is 6.40. The van der Waals surface area contributed by atoms with Crippen LogP contribution in [0.15, 0.2) is 36.4 Å². The summed E-state index contributed by atoms with van der Waals surface area (Å²) in [6.45, 7) is 2.35. The molecule has 0 aliphatic carbocycles. The van der Waals surface area contributed by atoms with Crippen LogP contribution in [-0.2, 0) is 20.8 Å². The van der Waals surface area contributed by atoms with Crippen molar-refractivity contribution in [3.05, 3.63) is 47.5 Å². The van der Waals surface area contributed by atoms with Crippen molar-refractivity contribution in [1.29, 1.82) is 0 Å². The van der Waals surface area contributed by atoms with Crippen molar-refractivity contribution in [1.82, 2.24) is 14.4 Å². The van der Waals surface area contributed by atoms with Crippen LogP contribution in [-0.4, -0.2) is 146 Å². The number of aliphatic hydroxyl groups excluding tert-OH is 6. The Morgan fingerprint density at radius 1 is 0.766 bits per heavy atom. The van der Waals surface area contributed by atoms with Crippen LogP contribution >= 0.6 is 0 Å². The first kappa shape index (κ1) is 33.4. The van der Waals surface area contributed by atoms with Crippen LogP contribution in [0.2, 0.25) is 0 Å². The van der Waals surface area contributed by atoms with E-state index in [0.717, 1.165) is 34.9 Å². The molecule has 3 aromatic rings. The lowest BCUT2D eigenvalue weighted by Gasteiger charge is -2.33. The predicted octanol–water partition coefficient (Wildman–Crippen LogP) is -0.985. The summed E-state index contributed by atoms with van der Waals surface area (Å²) in [6.07, 6.45) is -7.48. The summed E-state index contributed by atoms with van der Waals surface area (Å²) >= 11 is 0. The first-order chi connectivity index (χ1) is 22.6. The Hall–Kier alpha value is -3.53. The Bertz CT molecular complexity index is 1620. The minimum atomic E-state index is -1.21. The number of piperazine rings is 1. The molecule has 3 aliphatic rings. The lowest BCUT2D eigenvalue weighted by molar-refractivity contribution is -0.157. The average molecular weight is 648 g/mol. The highest BCUT2D eigenvalue weighted by Crippen LogP contribution is 2.31. The van der Waals surface area contributed by atoms with E-state index in [4.69, 9.17) is 9.47 Å². The number of hydrogen-bond acceptors (Lipinski definition) is 10. The van der Waals surface area contributed by atoms with Gasteiger partial charge in [-0.05, 0) is 31.3 Å². The maximum Gasteiger partial charge on any atom is 0.242 e. The van der Waals surface area contributed by atoms with E-state index in [-0.39, 0.29) is 38.5 Å². The number of aromatic nitrogens is 1. The van der Waals surface area contributed by atoms with Gasteiger partial charge in [-0.2, -0.15) is 0 Å². The standard InChI is InChI=1S/C35H41N3O9/c1-36-10-12-37(13-11-36)33(43)18-38-27-14-21(4-8-31-34(44)29(41)16-23(19-39)46-31)2-6-25(27)26-7-3-22(15-28(26)38)5-9-32-35(45)30(42)17-24(20-40)47-32/h2-3,6-7,14-15,23-24,29-32,34-35,39-42,44-45H,10-13,16-20H2,1H3. The molecule has 6 rings (SSSR count). The predicted molar refractivity (Wildman–Crippen MR) is 172 cm³/mol. The highest BCUT2D eigenvalue weighted by atomic mass is 16.5. The highest BCUT2D eigenvalue weighted by Gasteiger charge is 2.36. The number of nitrogens with zero attached hydrogens (tertiary/aromatic N) is 3. The zero-order chi connectivity index (χ0) is 33.2. The van der Waals surface area contributed by atoms with Gasteiger partial charge in [-0.25, -0.2) is 0 Å². The third-order valence-corrected chi connectivity index (χ3v) is 9.24. The molecule has 47 heavy (non-hydrogen) atoms. The maximum atomic E-state index is 13.6. The number of benzene rings is 2. The Morgan fingerprint density at radius 2 is 1.23 bits per heavy atom. The smallest absolute Gasteiger partial charge is 0.242 e. The molecule has 0 spiro atoms. The Morgan fingerprint density at radius 3 is 1.68 bits per heavy atom. The molecule has 12 nitrogen and oxygen atoms in total. The Balaban J connectivity index is 1.37. The molecule has 2 aromatic carbocycles. The van der Waals surface area contributed by atoms with Gasteiger partial charge in [0.2, 0.25) is 5.91 Å². The zero-order valence-electron chi connectivity index (χ0n) is 26.2. The summed E-state index contributed by atoms with van der Waals surface area (Å²) in [5, 5.41) is 62.1. The molecule has 3 fully saturated rings. The van der Waals surface area contributed by atoms with Gasteiger partial charge in [0.25, 0.3) is 0 Å². The van der Waals surface area contributed by atoms with Gasteiger partial charge in [-0.3, -0.25) is 4.79 Å². The molecule has 1 aromatic heterocycles. The summed E-state index contributed by atoms with van der Waals surface area (Å²) in [7, 11) is 2.03. The van der Waals surface area contributed by atoms with Crippen molar-refractivity contribution in [2.24, 2.45) is 0 Å². The van der Waals surface area contributed by atoms with Gasteiger partial charge in [0, 0.05) is 60.9 Å². The van der Waals surface area contributed by atoms with Crippen molar-refractivity contribution in [2.75, 3.05) is 46.4 Å². The third kappa shape index (κ3) is 7.17. The lowest BCUT2D eigenvalue weighted by atomic mass is 9.98. The number of ether oxygens (including phenoxy) is 2. The second-order valence-electron chi connectivity index (χ2n) is 12.6. The molecule has 3 saturated heterocycles. The maximum absolute atomic E-state index is 13.6. The summed E-state index contributed by atoms with van der Waals surface area (Å²) in [4.78, 5) is 17.6. The number of hydrogen-bond donors (Lipinski definition) is 6. The first-order valence-corrected chi connectivity index (χ1v) is 16.0. The molecule has 0 bridgehead atoms. The van der Waals surface area contributed by atoms with Crippen LogP contribution in [0.5, 0.6) is 0 Å². The first-order valence-electron chi connectivity index (χ1n) is 16.0. The van der Waals surface area contributed by atoms with E-state index < -0.39 is 48.8 Å². The van der Waals surface area contributed by atoms with Crippen molar-refractivity contribution in [3.63, 3.8) is 0 Å². The Labute approximate surface area is 272 Å². The lowest BCUT2D eigenvalue weighted by Crippen LogP contribution is -2.48. The number of carbonyl (C=O) groups is 1. The largest absolute Gasteiger partial charge is 0.394 e. The normalized spacial score (nSPS) is 30.1. The number of aliphatic hydroxyl groups is 6. The molecule has 4 heterocycles. The fourth-order valence-corrected chi connectivity index (χ4v) is 6.40. The molecule has 0 saturated carbocycles. The molecule has 8 atom stereocenters. The van der Waals surface area contributed by atoms with Crippen LogP contribution in [0.4, 0.5) is 0 Å². The van der Waals surface area contributed by atoms with E-state index >= 15 is 0 Å². The topological polar surface area (TPSA) is 168 Å². The molecule has 3 aliphatic heterocycles. The van der Waals surface area contributed by atoms with Crippen molar-refractivity contribution in [3.8, 4) is 23.7 Å². The third-order valence-electron chi connectivity index (χ3n) is 9.24. The van der Waals surface area contributed by atoms with Crippen LogP contribution in [0.25, 0.3) is 21.8 Å². The number of carbonyl (C=O) groups excluding carboxylic acids is 1. The van der Waals surface area contributed by atoms with Gasteiger partial charge < -0.3 is 54.5 Å². The number of likely N-dealkylation sites (N-methyl/N-ethyl adjacent to an activating group) is 1. The number of amides is 1. The van der Waals surface area contributed by atoms with Gasteiger partial charge in [0.1, 0.15) is 31.0 Å². The SMILES string of the molecule is CN1CCN(C(=O)Cn2c3cc(C#CC4OC(CO)CC(O)C4O)ccc3c3ccc(C#CC4OC(CO)CC(O)C4O)cc32)CC1. The van der Waals surface area contributed by atoms with Crippen LogP contribution in [0.1, 0.15) is 24.0 Å². The molecule has 250 valence electrons. The van der Waals surface area contributed by atoms with Crippen molar-refractivity contribution >= 4 is 27.7 Å². The van der Waals surface area contributed by atoms with E-state index in [0.29, 0.717) is 24.2 Å². The van der Waals surface area contributed by atoms with E-state index in [2.05, 4.69) is 28.6 Å². The van der Waals surface area contributed by atoms with E-state index in [9.17, 15) is 35.4 Å². The van der Waals surface area contributed by atoms with Crippen LogP contribution in [0, 0.1) is 23.7 Å². The Kier molecular flexibility index (Phi) is 10.2. The fraction of sp³-hybridized carbons (Fsp3) is 0.514. The summed E-state index contributed by atoms with van der Waals surface area (Å²) in [5.41, 5.74) is 2.78. The van der Waals surface area contributed by atoms with Gasteiger partial charge >= 0.3 is 0 Å².